The third-order valence-electron chi connectivity index (χ3n) is 2.10. The van der Waals surface area contributed by atoms with E-state index < -0.39 is 0 Å². The van der Waals surface area contributed by atoms with Crippen LogP contribution in [0.2, 0.25) is 0 Å². The molecule has 0 fully saturated rings. The normalized spacial score (nSPS) is 13.1. The third-order valence-corrected chi connectivity index (χ3v) is 2.10. The van der Waals surface area contributed by atoms with Crippen molar-refractivity contribution in [2.24, 2.45) is 15.0 Å². The predicted molar refractivity (Wildman–Crippen MR) is 69.4 cm³/mol. The molecule has 0 saturated carbocycles. The Morgan fingerprint density at radius 3 is 2.47 bits per heavy atom. The van der Waals surface area contributed by atoms with Crippen molar-refractivity contribution in [3.63, 3.8) is 0 Å². The lowest BCUT2D eigenvalue weighted by molar-refractivity contribution is 0.643. The van der Waals surface area contributed by atoms with Gasteiger partial charge in [0.1, 0.15) is 12.2 Å². The van der Waals surface area contributed by atoms with Gasteiger partial charge in [-0.1, -0.05) is 32.6 Å². The van der Waals surface area contributed by atoms with Crippen molar-refractivity contribution in [3.8, 4) is 0 Å². The Balaban J connectivity index is 3.76. The van der Waals surface area contributed by atoms with Crippen molar-refractivity contribution >= 4 is 18.4 Å². The highest BCUT2D eigenvalue weighted by molar-refractivity contribution is 5.93. The van der Waals surface area contributed by atoms with Gasteiger partial charge >= 0.3 is 0 Å². The van der Waals surface area contributed by atoms with Gasteiger partial charge in [-0.15, -0.1) is 0 Å². The maximum Gasteiger partial charge on any atom is 0.129 e. The van der Waals surface area contributed by atoms with E-state index in [0.29, 0.717) is 0 Å². The van der Waals surface area contributed by atoms with E-state index >= 15 is 0 Å². The number of unbranched alkanes of at least 4 members (excludes halogenated alkanes) is 4. The molecule has 0 aliphatic carbocycles. The molecule has 0 unspecified atom stereocenters. The Morgan fingerprint density at radius 2 is 1.87 bits per heavy atom. The van der Waals surface area contributed by atoms with Gasteiger partial charge in [-0.25, -0.2) is 9.98 Å². The van der Waals surface area contributed by atoms with Crippen molar-refractivity contribution in [2.75, 3.05) is 7.05 Å². The highest BCUT2D eigenvalue weighted by Crippen LogP contribution is 2.06. The first kappa shape index (κ1) is 14.0. The van der Waals surface area contributed by atoms with E-state index in [0.717, 1.165) is 12.3 Å². The van der Waals surface area contributed by atoms with Crippen LogP contribution < -0.4 is 0 Å². The highest BCUT2D eigenvalue weighted by Gasteiger charge is 1.95. The second kappa shape index (κ2) is 11.1. The summed E-state index contributed by atoms with van der Waals surface area (Å²) in [6.07, 6.45) is 10.7. The van der Waals surface area contributed by atoms with Gasteiger partial charge in [0, 0.05) is 19.7 Å². The van der Waals surface area contributed by atoms with E-state index in [1.54, 1.807) is 19.6 Å². The predicted octanol–water partition coefficient (Wildman–Crippen LogP) is 3.49. The van der Waals surface area contributed by atoms with Gasteiger partial charge in [-0.05, 0) is 13.3 Å². The molecule has 86 valence electrons. The molecule has 0 heterocycles. The number of hydrogen-bond acceptors (Lipinski definition) is 1. The van der Waals surface area contributed by atoms with Crippen molar-refractivity contribution in [3.05, 3.63) is 0 Å². The molecule has 0 aliphatic heterocycles. The van der Waals surface area contributed by atoms with Crippen LogP contribution in [0.1, 0.15) is 52.4 Å². The molecule has 0 N–H and O–H groups in total. The van der Waals surface area contributed by atoms with E-state index in [1.165, 1.54) is 32.1 Å². The van der Waals surface area contributed by atoms with E-state index in [4.69, 9.17) is 0 Å². The van der Waals surface area contributed by atoms with Crippen LogP contribution in [-0.2, 0) is 0 Å². The molecule has 3 nitrogen and oxygen atoms in total. The zero-order valence-corrected chi connectivity index (χ0v) is 10.2. The molecule has 3 heteroatoms. The van der Waals surface area contributed by atoms with E-state index in [-0.39, 0.29) is 0 Å². The van der Waals surface area contributed by atoms with Gasteiger partial charge in [-0.2, -0.15) is 0 Å². The number of hydrogen-bond donors (Lipinski definition) is 0. The lowest BCUT2D eigenvalue weighted by Crippen LogP contribution is -1.95. The van der Waals surface area contributed by atoms with Crippen LogP contribution in [0.15, 0.2) is 15.0 Å². The largest absolute Gasteiger partial charge is 0.277 e. The monoisotopic (exact) mass is 209 g/mol. The van der Waals surface area contributed by atoms with Crippen LogP contribution in [0.4, 0.5) is 0 Å². The molecular weight excluding hydrogens is 186 g/mol. The summed E-state index contributed by atoms with van der Waals surface area (Å²) in [5, 5.41) is 0. The molecular formula is C12H23N3. The first-order valence-corrected chi connectivity index (χ1v) is 5.81. The molecule has 0 aromatic rings. The van der Waals surface area contributed by atoms with Crippen LogP contribution in [0.5, 0.6) is 0 Å². The Kier molecular flexibility index (Phi) is 10.4. The first-order chi connectivity index (χ1) is 7.35. The molecule has 0 amide bonds. The number of amidine groups is 1. The molecule has 0 aromatic heterocycles. The summed E-state index contributed by atoms with van der Waals surface area (Å²) < 4.78 is 0. The minimum Gasteiger partial charge on any atom is -0.277 e. The summed E-state index contributed by atoms with van der Waals surface area (Å²) in [5.74, 6) is 0.889. The number of nitrogens with zero attached hydrogens (tertiary/aromatic N) is 3. The topological polar surface area (TPSA) is 37.1 Å². The van der Waals surface area contributed by atoms with Crippen LogP contribution in [-0.4, -0.2) is 25.4 Å². The van der Waals surface area contributed by atoms with Crippen molar-refractivity contribution < 1.29 is 0 Å². The highest BCUT2D eigenvalue weighted by atomic mass is 14.9. The fraction of sp³-hybridized carbons (Fsp3) is 0.750. The van der Waals surface area contributed by atoms with Crippen molar-refractivity contribution in [1.82, 2.24) is 0 Å². The first-order valence-electron chi connectivity index (χ1n) is 5.81. The molecule has 0 atom stereocenters. The van der Waals surface area contributed by atoms with Gasteiger partial charge < -0.3 is 0 Å². The maximum absolute atomic E-state index is 4.21. The maximum atomic E-state index is 4.21. The Labute approximate surface area is 93.4 Å². The zero-order chi connectivity index (χ0) is 11.4. The summed E-state index contributed by atoms with van der Waals surface area (Å²) in [5.41, 5.74) is 0. The Hall–Kier alpha value is -0.990. The Morgan fingerprint density at radius 1 is 1.13 bits per heavy atom. The van der Waals surface area contributed by atoms with Crippen LogP contribution in [0, 0.1) is 0 Å². The fourth-order valence-corrected chi connectivity index (χ4v) is 1.32. The van der Waals surface area contributed by atoms with Gasteiger partial charge in [-0.3, -0.25) is 4.99 Å². The average Bonchev–Trinajstić information content (AvgIpc) is 2.25. The number of aliphatic imine (C=N–C) groups is 3. The molecule has 0 rings (SSSR count). The van der Waals surface area contributed by atoms with Crippen molar-refractivity contribution in [2.45, 2.75) is 52.4 Å². The van der Waals surface area contributed by atoms with Gasteiger partial charge in [0.15, 0.2) is 0 Å². The molecule has 0 saturated heterocycles. The summed E-state index contributed by atoms with van der Waals surface area (Å²) in [6.45, 7) is 4.14. The van der Waals surface area contributed by atoms with Crippen LogP contribution in [0.25, 0.3) is 0 Å². The molecule has 0 aliphatic rings. The molecule has 0 bridgehead atoms. The minimum absolute atomic E-state index is 0.889. The second-order valence-electron chi connectivity index (χ2n) is 3.47. The standard InChI is InChI=1S/C12H23N3/c1-4-6-7-8-9-10-12(14-5-2)15-11-13-3/h5,11H,4,6-10H2,1-3H3/b13-11-,14-5-,15-12-. The quantitative estimate of drug-likeness (QED) is 0.350. The van der Waals surface area contributed by atoms with E-state index in [1.807, 2.05) is 6.92 Å². The zero-order valence-electron chi connectivity index (χ0n) is 10.2. The van der Waals surface area contributed by atoms with E-state index in [9.17, 15) is 0 Å². The molecule has 15 heavy (non-hydrogen) atoms. The van der Waals surface area contributed by atoms with Crippen LogP contribution in [0.3, 0.4) is 0 Å². The summed E-state index contributed by atoms with van der Waals surface area (Å²) in [6, 6.07) is 0. The van der Waals surface area contributed by atoms with Crippen molar-refractivity contribution in [1.29, 1.82) is 0 Å². The summed E-state index contributed by atoms with van der Waals surface area (Å²) >= 11 is 0. The van der Waals surface area contributed by atoms with Gasteiger partial charge in [0.05, 0.1) is 0 Å². The summed E-state index contributed by atoms with van der Waals surface area (Å²) in [7, 11) is 1.72. The fourth-order valence-electron chi connectivity index (χ4n) is 1.32. The lowest BCUT2D eigenvalue weighted by atomic mass is 10.1. The molecule has 0 spiro atoms. The average molecular weight is 209 g/mol. The lowest BCUT2D eigenvalue weighted by Gasteiger charge is -1.99. The Bertz CT molecular complexity index is 217. The third kappa shape index (κ3) is 9.32. The minimum atomic E-state index is 0.889. The van der Waals surface area contributed by atoms with Gasteiger partial charge in [0.2, 0.25) is 0 Å². The van der Waals surface area contributed by atoms with Gasteiger partial charge in [0.25, 0.3) is 0 Å². The summed E-state index contributed by atoms with van der Waals surface area (Å²) in [4.78, 5) is 12.2. The molecule has 0 radical (unpaired) electrons. The smallest absolute Gasteiger partial charge is 0.129 e. The second-order valence-corrected chi connectivity index (χ2v) is 3.47. The van der Waals surface area contributed by atoms with E-state index in [2.05, 4.69) is 21.9 Å². The number of rotatable bonds is 7. The molecule has 0 aromatic carbocycles. The van der Waals surface area contributed by atoms with Crippen LogP contribution >= 0.6 is 0 Å². The SMILES string of the molecule is C\C=N/C(CCCCCCC)=N\C=N/C.